The van der Waals surface area contributed by atoms with E-state index in [0.717, 1.165) is 17.6 Å². The zero-order valence-corrected chi connectivity index (χ0v) is 20.5. The molecule has 0 aliphatic heterocycles. The summed E-state index contributed by atoms with van der Waals surface area (Å²) in [5, 5.41) is 0. The van der Waals surface area contributed by atoms with Crippen molar-refractivity contribution in [2.24, 2.45) is 0 Å². The van der Waals surface area contributed by atoms with E-state index >= 15 is 0 Å². The Balaban J connectivity index is 2.01. The Morgan fingerprint density at radius 1 is 0.906 bits per heavy atom. The Kier molecular flexibility index (Phi) is 6.06. The molecular formula is C22H15BrFNO4S3. The first-order valence-corrected chi connectivity index (χ1v) is 14.1. The number of hydrogen-bond donors (Lipinski definition) is 0. The highest BCUT2D eigenvalue weighted by Crippen LogP contribution is 2.42. The fourth-order valence-electron chi connectivity index (χ4n) is 3.12. The largest absolute Gasteiger partial charge is 0.233 e. The first-order chi connectivity index (χ1) is 15.1. The molecule has 0 saturated heterocycles. The topological polar surface area (TPSA) is 81.2 Å². The normalized spacial score (nSPS) is 12.1. The number of hydrogen-bond acceptors (Lipinski definition) is 6. The van der Waals surface area contributed by atoms with E-state index in [-0.39, 0.29) is 25.4 Å². The molecule has 4 aromatic rings. The van der Waals surface area contributed by atoms with Crippen LogP contribution in [0.4, 0.5) is 4.39 Å². The summed E-state index contributed by atoms with van der Waals surface area (Å²) < 4.78 is 65.3. The predicted molar refractivity (Wildman–Crippen MR) is 126 cm³/mol. The molecule has 0 atom stereocenters. The van der Waals surface area contributed by atoms with Gasteiger partial charge in [0.2, 0.25) is 14.2 Å². The molecular weight excluding hydrogens is 537 g/mol. The lowest BCUT2D eigenvalue weighted by atomic mass is 10.1. The Bertz CT molecular complexity index is 1530. The molecule has 0 fully saturated rings. The van der Waals surface area contributed by atoms with Crippen molar-refractivity contribution in [3.63, 3.8) is 0 Å². The quantitative estimate of drug-likeness (QED) is 0.321. The third-order valence-corrected chi connectivity index (χ3v) is 9.47. The molecule has 0 unspecified atom stereocenters. The Labute approximate surface area is 197 Å². The molecule has 0 bridgehead atoms. The molecule has 1 aromatic heterocycles. The van der Waals surface area contributed by atoms with Crippen LogP contribution in [0.25, 0.3) is 21.7 Å². The van der Waals surface area contributed by atoms with Gasteiger partial charge in [0.1, 0.15) is 5.82 Å². The average Bonchev–Trinajstić information content (AvgIpc) is 3.20. The van der Waals surface area contributed by atoms with Crippen molar-refractivity contribution in [2.75, 3.05) is 6.26 Å². The number of nitrogens with zero attached hydrogens (tertiary/aromatic N) is 1. The van der Waals surface area contributed by atoms with Gasteiger partial charge in [-0.2, -0.15) is 0 Å². The van der Waals surface area contributed by atoms with Gasteiger partial charge in [-0.3, -0.25) is 0 Å². The molecule has 0 aliphatic rings. The van der Waals surface area contributed by atoms with E-state index < -0.39 is 25.5 Å². The van der Waals surface area contributed by atoms with Gasteiger partial charge >= 0.3 is 0 Å². The lowest BCUT2D eigenvalue weighted by Gasteiger charge is -2.08. The second-order valence-corrected chi connectivity index (χ2v) is 12.9. The van der Waals surface area contributed by atoms with E-state index in [1.165, 1.54) is 42.5 Å². The van der Waals surface area contributed by atoms with Gasteiger partial charge in [0.25, 0.3) is 0 Å². The van der Waals surface area contributed by atoms with Crippen LogP contribution >= 0.6 is 27.3 Å². The standard InChI is InChI=1S/C22H15BrFNO4S3/c1-31(26,27)19-8-3-2-7-18(19)20-21(14-9-11-16(24)12-10-14)30-22(25-20)32(28,29)17-6-4-5-15(23)13-17/h2-13H,1H3. The molecule has 5 nitrogen and oxygen atoms in total. The van der Waals surface area contributed by atoms with Gasteiger partial charge in [-0.25, -0.2) is 26.2 Å². The SMILES string of the molecule is CS(=O)(=O)c1ccccc1-c1nc(S(=O)(=O)c2cccc(Br)c2)sc1-c1ccc(F)cc1. The van der Waals surface area contributed by atoms with Crippen LogP contribution in [0.5, 0.6) is 0 Å². The molecule has 0 saturated carbocycles. The number of aromatic nitrogens is 1. The van der Waals surface area contributed by atoms with Gasteiger partial charge < -0.3 is 0 Å². The Morgan fingerprint density at radius 2 is 1.59 bits per heavy atom. The highest BCUT2D eigenvalue weighted by Gasteiger charge is 2.28. The van der Waals surface area contributed by atoms with Crippen LogP contribution in [-0.4, -0.2) is 28.1 Å². The summed E-state index contributed by atoms with van der Waals surface area (Å²) in [5.41, 5.74) is 1.01. The molecule has 4 rings (SSSR count). The van der Waals surface area contributed by atoms with Crippen LogP contribution < -0.4 is 0 Å². The number of rotatable bonds is 5. The summed E-state index contributed by atoms with van der Waals surface area (Å²) >= 11 is 4.18. The van der Waals surface area contributed by atoms with Crippen molar-refractivity contribution in [1.82, 2.24) is 4.98 Å². The van der Waals surface area contributed by atoms with Gasteiger partial charge in [0.05, 0.1) is 20.4 Å². The maximum absolute atomic E-state index is 13.5. The zero-order chi connectivity index (χ0) is 23.1. The van der Waals surface area contributed by atoms with Crippen molar-refractivity contribution in [3.8, 4) is 21.7 Å². The minimum Gasteiger partial charge on any atom is -0.224 e. The average molecular weight is 552 g/mol. The summed E-state index contributed by atoms with van der Waals surface area (Å²) in [6, 6.07) is 18.0. The second-order valence-electron chi connectivity index (χ2n) is 6.89. The molecule has 1 heterocycles. The molecule has 32 heavy (non-hydrogen) atoms. The van der Waals surface area contributed by atoms with E-state index in [2.05, 4.69) is 20.9 Å². The van der Waals surface area contributed by atoms with Crippen molar-refractivity contribution >= 4 is 46.9 Å². The van der Waals surface area contributed by atoms with Gasteiger partial charge in [0.15, 0.2) is 9.84 Å². The molecule has 0 amide bonds. The van der Waals surface area contributed by atoms with Crippen LogP contribution in [0, 0.1) is 5.82 Å². The molecule has 10 heteroatoms. The summed E-state index contributed by atoms with van der Waals surface area (Å²) in [7, 11) is -7.60. The number of benzene rings is 3. The maximum atomic E-state index is 13.5. The molecule has 164 valence electrons. The highest BCUT2D eigenvalue weighted by atomic mass is 79.9. The minimum absolute atomic E-state index is 0.0278. The van der Waals surface area contributed by atoms with Crippen molar-refractivity contribution in [1.29, 1.82) is 0 Å². The number of halogens is 2. The Hall–Kier alpha value is -2.40. The molecule has 0 N–H and O–H groups in total. The minimum atomic E-state index is -3.98. The van der Waals surface area contributed by atoms with Crippen molar-refractivity contribution < 1.29 is 21.2 Å². The molecule has 0 spiro atoms. The summed E-state index contributed by atoms with van der Waals surface area (Å²) in [4.78, 5) is 4.89. The monoisotopic (exact) mass is 551 g/mol. The lowest BCUT2D eigenvalue weighted by molar-refractivity contribution is 0.595. The van der Waals surface area contributed by atoms with E-state index in [0.29, 0.717) is 14.9 Å². The van der Waals surface area contributed by atoms with Gasteiger partial charge in [-0.1, -0.05) is 52.3 Å². The van der Waals surface area contributed by atoms with E-state index in [1.54, 1.807) is 30.3 Å². The summed E-state index contributed by atoms with van der Waals surface area (Å²) in [5.74, 6) is -0.446. The highest BCUT2D eigenvalue weighted by molar-refractivity contribution is 9.10. The van der Waals surface area contributed by atoms with Gasteiger partial charge in [-0.05, 0) is 42.0 Å². The van der Waals surface area contributed by atoms with Gasteiger partial charge in [0, 0.05) is 16.3 Å². The van der Waals surface area contributed by atoms with Crippen LogP contribution in [0.3, 0.4) is 0 Å². The summed E-state index contributed by atoms with van der Waals surface area (Å²) in [6.07, 6.45) is 1.08. The van der Waals surface area contributed by atoms with E-state index in [4.69, 9.17) is 0 Å². The number of sulfone groups is 2. The zero-order valence-electron chi connectivity index (χ0n) is 16.5. The molecule has 0 radical (unpaired) electrons. The fraction of sp³-hybridized carbons (Fsp3) is 0.0455. The van der Waals surface area contributed by atoms with Crippen molar-refractivity contribution in [2.45, 2.75) is 14.1 Å². The second kappa shape index (κ2) is 8.51. The first kappa shape index (κ1) is 22.8. The maximum Gasteiger partial charge on any atom is 0.233 e. The first-order valence-electron chi connectivity index (χ1n) is 9.14. The smallest absolute Gasteiger partial charge is 0.224 e. The van der Waals surface area contributed by atoms with E-state index in [1.807, 2.05) is 0 Å². The fourth-order valence-corrected chi connectivity index (χ4v) is 7.30. The molecule has 0 aliphatic carbocycles. The lowest BCUT2D eigenvalue weighted by Crippen LogP contribution is -2.02. The third-order valence-electron chi connectivity index (χ3n) is 4.59. The van der Waals surface area contributed by atoms with Crippen LogP contribution in [0.1, 0.15) is 0 Å². The van der Waals surface area contributed by atoms with Crippen LogP contribution in [0.2, 0.25) is 0 Å². The predicted octanol–water partition coefficient (Wildman–Crippen LogP) is 5.62. The van der Waals surface area contributed by atoms with E-state index in [9.17, 15) is 21.2 Å². The third kappa shape index (κ3) is 4.40. The van der Waals surface area contributed by atoms with Crippen molar-refractivity contribution in [3.05, 3.63) is 83.1 Å². The van der Waals surface area contributed by atoms with Crippen LogP contribution in [0.15, 0.2) is 91.4 Å². The Morgan fingerprint density at radius 3 is 2.25 bits per heavy atom. The summed E-state index contributed by atoms with van der Waals surface area (Å²) in [6.45, 7) is 0. The van der Waals surface area contributed by atoms with Crippen LogP contribution in [-0.2, 0) is 19.7 Å². The molecule has 3 aromatic carbocycles. The number of thiazole rings is 1. The van der Waals surface area contributed by atoms with Gasteiger partial charge in [-0.15, -0.1) is 11.3 Å².